The maximum absolute atomic E-state index is 14.0. The van der Waals surface area contributed by atoms with E-state index in [0.29, 0.717) is 12.1 Å². The number of aromatic hydroxyl groups is 1. The van der Waals surface area contributed by atoms with Crippen molar-refractivity contribution in [2.45, 2.75) is 57.6 Å². The van der Waals surface area contributed by atoms with E-state index < -0.39 is 74.2 Å². The van der Waals surface area contributed by atoms with Crippen molar-refractivity contribution >= 4 is 39.2 Å². The van der Waals surface area contributed by atoms with Crippen molar-refractivity contribution < 1.29 is 52.3 Å². The van der Waals surface area contributed by atoms with E-state index in [-0.39, 0.29) is 29.7 Å². The molecular weight excluding hydrogens is 600 g/mol. The number of primary amides is 1. The summed E-state index contributed by atoms with van der Waals surface area (Å²) < 4.78 is 31.6. The summed E-state index contributed by atoms with van der Waals surface area (Å²) in [5.74, 6) is -6.85. The number of anilines is 2. The summed E-state index contributed by atoms with van der Waals surface area (Å²) in [6.45, 7) is 5.56. The molecule has 16 heteroatoms. The lowest BCUT2D eigenvalue weighted by Crippen LogP contribution is -2.63. The molecule has 0 aliphatic heterocycles. The summed E-state index contributed by atoms with van der Waals surface area (Å²) in [6, 6.07) is 0.636. The minimum atomic E-state index is -4.67. The molecule has 2 unspecified atom stereocenters. The number of aliphatic hydroxyl groups is 3. The smallest absolute Gasteiger partial charge is 0.394 e. The molecule has 4 rings (SSSR count). The van der Waals surface area contributed by atoms with Gasteiger partial charge in [0.05, 0.1) is 17.3 Å². The highest BCUT2D eigenvalue weighted by atomic mass is 32.3. The Bertz CT molecular complexity index is 1530. The van der Waals surface area contributed by atoms with Crippen molar-refractivity contribution in [1.29, 1.82) is 0 Å². The standard InChI is InChI=1S/C28H38N4O7.H2O4S/c1-5-7-9-32(8-6-2)17-12-16(29)22(33)19-14(17)10-13-11-15-21(31(3)4)24(35)20(27(30)38)26(37)28(15,39)25(36)18(13)23(19)34;1-5(2,3)4/h12-13,15,21,33,35-36,39H,5-11,29H2,1-4H3,(H2,30,38);(H2,1,2,3,4)/t13?,15?,21-,28-;/m0./s1. The summed E-state index contributed by atoms with van der Waals surface area (Å²) in [5, 5.41) is 45.0. The molecule has 10 N–H and O–H groups in total. The number of hydrogen-bond donors (Lipinski definition) is 8. The molecule has 244 valence electrons. The van der Waals surface area contributed by atoms with Crippen LogP contribution in [0.1, 0.15) is 55.5 Å². The summed E-state index contributed by atoms with van der Waals surface area (Å²) in [6.07, 6.45) is 2.98. The predicted molar refractivity (Wildman–Crippen MR) is 160 cm³/mol. The van der Waals surface area contributed by atoms with Gasteiger partial charge in [-0.25, -0.2) is 0 Å². The van der Waals surface area contributed by atoms with Crippen LogP contribution in [0.3, 0.4) is 0 Å². The van der Waals surface area contributed by atoms with E-state index in [2.05, 4.69) is 11.8 Å². The summed E-state index contributed by atoms with van der Waals surface area (Å²) >= 11 is 0. The number of phenolic OH excluding ortho intramolecular Hbond substituents is 1. The number of aliphatic hydroxyl groups excluding tert-OH is 2. The van der Waals surface area contributed by atoms with Crippen molar-refractivity contribution in [3.8, 4) is 5.75 Å². The van der Waals surface area contributed by atoms with Crippen molar-refractivity contribution in [3.05, 3.63) is 39.9 Å². The Morgan fingerprint density at radius 1 is 1.09 bits per heavy atom. The van der Waals surface area contributed by atoms with Gasteiger partial charge in [0, 0.05) is 30.3 Å². The molecule has 4 atom stereocenters. The van der Waals surface area contributed by atoms with Gasteiger partial charge in [0.1, 0.15) is 22.8 Å². The van der Waals surface area contributed by atoms with E-state index >= 15 is 0 Å². The van der Waals surface area contributed by atoms with Crippen molar-refractivity contribution in [1.82, 2.24) is 4.90 Å². The SMILES string of the molecule is CCCCN(CCC)c1cc(N)c(O)c2c1CC1CC3[C@H](N(C)C)C(O)=C(C(N)=O)C(=O)[C@@]3(O)C(O)=C1C2=O.O=S(=O)(O)O. The summed E-state index contributed by atoms with van der Waals surface area (Å²) in [4.78, 5) is 43.2. The topological polar surface area (TPSA) is 265 Å². The quantitative estimate of drug-likeness (QED) is 0.0855. The Balaban J connectivity index is 0.000000978. The molecule has 15 nitrogen and oxygen atoms in total. The van der Waals surface area contributed by atoms with Gasteiger partial charge in [-0.15, -0.1) is 0 Å². The third-order valence-corrected chi connectivity index (χ3v) is 8.34. The first-order chi connectivity index (χ1) is 20.3. The summed E-state index contributed by atoms with van der Waals surface area (Å²) in [5.41, 5.74) is 9.08. The molecule has 1 amide bonds. The number of carbonyl (C=O) groups excluding carboxylic acids is 3. The maximum atomic E-state index is 14.0. The second kappa shape index (κ2) is 12.7. The highest BCUT2D eigenvalue weighted by Gasteiger charge is 2.63. The number of carbonyl (C=O) groups is 3. The molecule has 0 bridgehead atoms. The van der Waals surface area contributed by atoms with E-state index in [1.165, 1.54) is 4.90 Å². The Hall–Kier alpha value is -3.70. The molecule has 1 aromatic rings. The fourth-order valence-corrected chi connectivity index (χ4v) is 6.57. The number of likely N-dealkylation sites (N-methyl/N-ethyl adjacent to an activating group) is 1. The number of hydrogen-bond acceptors (Lipinski definition) is 12. The van der Waals surface area contributed by atoms with Crippen LogP contribution in [-0.2, 0) is 26.4 Å². The number of nitrogens with two attached hydrogens (primary N) is 2. The molecule has 0 radical (unpaired) electrons. The van der Waals surface area contributed by atoms with Gasteiger partial charge in [0.2, 0.25) is 5.78 Å². The zero-order valence-corrected chi connectivity index (χ0v) is 25.8. The molecular formula is C28H40N4O11S. The zero-order chi connectivity index (χ0) is 33.5. The molecule has 0 saturated carbocycles. The normalized spacial score (nSPS) is 24.8. The first-order valence-corrected chi connectivity index (χ1v) is 15.5. The number of rotatable bonds is 8. The molecule has 3 aliphatic carbocycles. The average molecular weight is 641 g/mol. The lowest BCUT2D eigenvalue weighted by molar-refractivity contribution is -0.148. The van der Waals surface area contributed by atoms with Gasteiger partial charge in [-0.3, -0.25) is 28.4 Å². The molecule has 0 spiro atoms. The van der Waals surface area contributed by atoms with Crippen molar-refractivity contribution in [2.24, 2.45) is 17.6 Å². The van der Waals surface area contributed by atoms with Crippen LogP contribution in [0.5, 0.6) is 5.75 Å². The largest absolute Gasteiger partial charge is 0.510 e. The lowest BCUT2D eigenvalue weighted by atomic mass is 9.58. The lowest BCUT2D eigenvalue weighted by Gasteiger charge is -2.50. The number of nitrogens with zero attached hydrogens (tertiary/aromatic N) is 2. The van der Waals surface area contributed by atoms with Gasteiger partial charge in [0.25, 0.3) is 5.91 Å². The van der Waals surface area contributed by atoms with Crippen LogP contribution >= 0.6 is 0 Å². The second-order valence-electron chi connectivity index (χ2n) is 11.4. The van der Waals surface area contributed by atoms with E-state index in [1.807, 2.05) is 6.92 Å². The van der Waals surface area contributed by atoms with Gasteiger partial charge in [-0.1, -0.05) is 20.3 Å². The van der Waals surface area contributed by atoms with Gasteiger partial charge < -0.3 is 36.8 Å². The number of nitrogen functional groups attached to an aromatic ring is 1. The van der Waals surface area contributed by atoms with E-state index in [4.69, 9.17) is 29.0 Å². The van der Waals surface area contributed by atoms with Crippen molar-refractivity contribution in [3.63, 3.8) is 0 Å². The minimum absolute atomic E-state index is 0.00549. The second-order valence-corrected chi connectivity index (χ2v) is 12.3. The van der Waals surface area contributed by atoms with Gasteiger partial charge >= 0.3 is 10.4 Å². The molecule has 0 saturated heterocycles. The number of amides is 1. The third-order valence-electron chi connectivity index (χ3n) is 8.34. The van der Waals surface area contributed by atoms with Crippen molar-refractivity contribution in [2.75, 3.05) is 37.8 Å². The molecule has 44 heavy (non-hydrogen) atoms. The van der Waals surface area contributed by atoms with Crippen LogP contribution in [0.4, 0.5) is 11.4 Å². The summed E-state index contributed by atoms with van der Waals surface area (Å²) in [7, 11) is -1.47. The number of benzene rings is 1. The fraction of sp³-hybridized carbons (Fsp3) is 0.536. The molecule has 3 aliphatic rings. The van der Waals surface area contributed by atoms with Crippen LogP contribution in [0.15, 0.2) is 28.7 Å². The van der Waals surface area contributed by atoms with Crippen LogP contribution < -0.4 is 16.4 Å². The average Bonchev–Trinajstić information content (AvgIpc) is 2.89. The zero-order valence-electron chi connectivity index (χ0n) is 24.9. The monoisotopic (exact) mass is 640 g/mol. The number of ketones is 2. The molecule has 0 aromatic heterocycles. The Labute approximate surface area is 255 Å². The van der Waals surface area contributed by atoms with Crippen LogP contribution in [-0.4, -0.2) is 99.2 Å². The van der Waals surface area contributed by atoms with Gasteiger partial charge in [0.15, 0.2) is 11.4 Å². The number of Topliss-reactive ketones (excluding diaryl/α,β-unsaturated/α-hetero) is 2. The molecule has 1 aromatic carbocycles. The predicted octanol–water partition coefficient (Wildman–Crippen LogP) is 1.07. The van der Waals surface area contributed by atoms with Gasteiger partial charge in [-0.2, -0.15) is 8.42 Å². The van der Waals surface area contributed by atoms with Crippen LogP contribution in [0, 0.1) is 11.8 Å². The Kier molecular flexibility index (Phi) is 10.1. The number of allylic oxidation sites excluding steroid dienone is 1. The Morgan fingerprint density at radius 2 is 1.68 bits per heavy atom. The minimum Gasteiger partial charge on any atom is -0.510 e. The van der Waals surface area contributed by atoms with E-state index in [9.17, 15) is 34.8 Å². The van der Waals surface area contributed by atoms with Crippen LogP contribution in [0.25, 0.3) is 0 Å². The van der Waals surface area contributed by atoms with E-state index in [0.717, 1.165) is 31.5 Å². The Morgan fingerprint density at radius 3 is 2.18 bits per heavy atom. The first-order valence-electron chi connectivity index (χ1n) is 14.1. The van der Waals surface area contributed by atoms with Crippen LogP contribution in [0.2, 0.25) is 0 Å². The number of unbranched alkanes of at least 4 members (excludes halogenated alkanes) is 1. The fourth-order valence-electron chi connectivity index (χ4n) is 6.57. The maximum Gasteiger partial charge on any atom is 0.394 e. The highest BCUT2D eigenvalue weighted by Crippen LogP contribution is 2.53. The number of fused-ring (bicyclic) bond motifs is 3. The number of phenols is 1. The third kappa shape index (κ3) is 6.12. The highest BCUT2D eigenvalue weighted by molar-refractivity contribution is 7.79. The first kappa shape index (κ1) is 34.8. The van der Waals surface area contributed by atoms with E-state index in [1.54, 1.807) is 20.2 Å². The molecule has 0 fully saturated rings. The van der Waals surface area contributed by atoms with Gasteiger partial charge in [-0.05, 0) is 57.3 Å². The molecule has 0 heterocycles.